The Bertz CT molecular complexity index is 1130. The van der Waals surface area contributed by atoms with Crippen molar-refractivity contribution in [3.63, 3.8) is 0 Å². The van der Waals surface area contributed by atoms with Gasteiger partial charge in [0.25, 0.3) is 0 Å². The Morgan fingerprint density at radius 1 is 0.829 bits per heavy atom. The lowest BCUT2D eigenvalue weighted by Gasteiger charge is -2.29. The predicted molar refractivity (Wildman–Crippen MR) is 136 cm³/mol. The summed E-state index contributed by atoms with van der Waals surface area (Å²) in [5.41, 5.74) is 3.67. The molecule has 6 nitrogen and oxygen atoms in total. The zero-order valence-corrected chi connectivity index (χ0v) is 21.5. The second-order valence-electron chi connectivity index (χ2n) is 9.17. The van der Waals surface area contributed by atoms with Crippen molar-refractivity contribution in [2.24, 2.45) is 0 Å². The van der Waals surface area contributed by atoms with Gasteiger partial charge in [-0.15, -0.1) is 0 Å². The number of rotatable bonds is 9. The maximum atomic E-state index is 13.0. The molecule has 3 aromatic rings. The molecule has 0 bridgehead atoms. The SMILES string of the molecule is COC(=O)C(OC(C)(C)C)c1c(C)ccc(OCc2ccc(OC)cc2)c1-c1ccc(OC)cc1. The third-order valence-electron chi connectivity index (χ3n) is 5.51. The lowest BCUT2D eigenvalue weighted by Crippen LogP contribution is -2.29. The molecule has 0 aliphatic heterocycles. The Hall–Kier alpha value is -3.51. The van der Waals surface area contributed by atoms with Crippen LogP contribution < -0.4 is 14.2 Å². The number of benzene rings is 3. The third kappa shape index (κ3) is 6.55. The first-order valence-corrected chi connectivity index (χ1v) is 11.5. The van der Waals surface area contributed by atoms with E-state index in [4.69, 9.17) is 23.7 Å². The molecule has 0 radical (unpaired) electrons. The number of aryl methyl sites for hydroxylation is 1. The van der Waals surface area contributed by atoms with Gasteiger partial charge >= 0.3 is 5.97 Å². The molecule has 0 aliphatic carbocycles. The van der Waals surface area contributed by atoms with Gasteiger partial charge in [-0.3, -0.25) is 0 Å². The van der Waals surface area contributed by atoms with Gasteiger partial charge < -0.3 is 23.7 Å². The average molecular weight is 479 g/mol. The van der Waals surface area contributed by atoms with E-state index in [9.17, 15) is 4.79 Å². The van der Waals surface area contributed by atoms with E-state index in [1.54, 1.807) is 14.2 Å². The van der Waals surface area contributed by atoms with Gasteiger partial charge in [-0.2, -0.15) is 0 Å². The van der Waals surface area contributed by atoms with Crippen molar-refractivity contribution in [1.29, 1.82) is 0 Å². The van der Waals surface area contributed by atoms with Crippen molar-refractivity contribution in [2.45, 2.75) is 46.0 Å². The second kappa shape index (κ2) is 11.3. The first-order valence-electron chi connectivity index (χ1n) is 11.5. The van der Waals surface area contributed by atoms with Gasteiger partial charge in [-0.05, 0) is 74.7 Å². The van der Waals surface area contributed by atoms with Gasteiger partial charge in [0.1, 0.15) is 23.9 Å². The lowest BCUT2D eigenvalue weighted by atomic mass is 9.90. The standard InChI is InChI=1S/C29H34O6/c1-19-8-17-24(34-18-20-9-13-22(31-5)14-10-20)26(21-11-15-23(32-6)16-12-21)25(19)27(28(30)33-7)35-29(2,3)4/h8-17,27H,18H2,1-7H3. The van der Waals surface area contributed by atoms with Crippen molar-refractivity contribution >= 4 is 5.97 Å². The van der Waals surface area contributed by atoms with Crippen LogP contribution in [-0.4, -0.2) is 32.9 Å². The van der Waals surface area contributed by atoms with Crippen LogP contribution in [0.4, 0.5) is 0 Å². The van der Waals surface area contributed by atoms with Crippen LogP contribution >= 0.6 is 0 Å². The van der Waals surface area contributed by atoms with Gasteiger partial charge in [0.15, 0.2) is 6.10 Å². The van der Waals surface area contributed by atoms with Crippen molar-refractivity contribution in [1.82, 2.24) is 0 Å². The average Bonchev–Trinajstić information content (AvgIpc) is 2.86. The van der Waals surface area contributed by atoms with Crippen LogP contribution in [-0.2, 0) is 20.9 Å². The maximum absolute atomic E-state index is 13.0. The van der Waals surface area contributed by atoms with E-state index in [1.807, 2.05) is 88.4 Å². The Morgan fingerprint density at radius 2 is 1.40 bits per heavy atom. The van der Waals surface area contributed by atoms with E-state index < -0.39 is 17.7 Å². The number of hydrogen-bond acceptors (Lipinski definition) is 6. The summed E-state index contributed by atoms with van der Waals surface area (Å²) < 4.78 is 28.3. The van der Waals surface area contributed by atoms with Crippen molar-refractivity contribution < 1.29 is 28.5 Å². The first kappa shape index (κ1) is 26.1. The van der Waals surface area contributed by atoms with Crippen LogP contribution in [0.15, 0.2) is 60.7 Å². The number of carbonyl (C=O) groups is 1. The van der Waals surface area contributed by atoms with Gasteiger partial charge in [0, 0.05) is 11.1 Å². The number of ether oxygens (including phenoxy) is 5. The molecule has 6 heteroatoms. The van der Waals surface area contributed by atoms with Crippen LogP contribution in [0.25, 0.3) is 11.1 Å². The molecule has 0 saturated carbocycles. The Morgan fingerprint density at radius 3 is 1.91 bits per heavy atom. The smallest absolute Gasteiger partial charge is 0.339 e. The van der Waals surface area contributed by atoms with Crippen molar-refractivity contribution in [3.05, 3.63) is 77.4 Å². The maximum Gasteiger partial charge on any atom is 0.339 e. The summed E-state index contributed by atoms with van der Waals surface area (Å²) in [7, 11) is 4.63. The van der Waals surface area contributed by atoms with Crippen LogP contribution in [0.2, 0.25) is 0 Å². The Kier molecular flexibility index (Phi) is 8.41. The summed E-state index contributed by atoms with van der Waals surface area (Å²) in [4.78, 5) is 13.0. The molecule has 35 heavy (non-hydrogen) atoms. The highest BCUT2D eigenvalue weighted by atomic mass is 16.6. The van der Waals surface area contributed by atoms with Crippen LogP contribution in [0.1, 0.15) is 43.6 Å². The number of esters is 1. The van der Waals surface area contributed by atoms with Crippen LogP contribution in [0, 0.1) is 6.92 Å². The normalized spacial score (nSPS) is 12.1. The minimum atomic E-state index is -0.929. The first-order chi connectivity index (χ1) is 16.7. The van der Waals surface area contributed by atoms with Crippen molar-refractivity contribution in [2.75, 3.05) is 21.3 Å². The fourth-order valence-corrected chi connectivity index (χ4v) is 3.79. The Balaban J connectivity index is 2.13. The summed E-state index contributed by atoms with van der Waals surface area (Å²) in [5.74, 6) is 1.69. The summed E-state index contributed by atoms with van der Waals surface area (Å²) in [6.07, 6.45) is -0.929. The van der Waals surface area contributed by atoms with E-state index in [-0.39, 0.29) is 0 Å². The minimum absolute atomic E-state index is 0.346. The molecule has 3 aromatic carbocycles. The molecule has 0 N–H and O–H groups in total. The number of methoxy groups -OCH3 is 3. The van der Waals surface area contributed by atoms with E-state index in [0.717, 1.165) is 33.8 Å². The summed E-state index contributed by atoms with van der Waals surface area (Å²) in [6, 6.07) is 19.2. The fraction of sp³-hybridized carbons (Fsp3) is 0.345. The molecule has 186 valence electrons. The molecule has 0 aromatic heterocycles. The van der Waals surface area contributed by atoms with E-state index in [2.05, 4.69) is 0 Å². The zero-order valence-electron chi connectivity index (χ0n) is 21.5. The molecule has 1 unspecified atom stereocenters. The molecule has 0 spiro atoms. The topological polar surface area (TPSA) is 63.2 Å². The third-order valence-corrected chi connectivity index (χ3v) is 5.51. The quantitative estimate of drug-likeness (QED) is 0.337. The predicted octanol–water partition coefficient (Wildman–Crippen LogP) is 6.29. The molecular formula is C29H34O6. The zero-order chi connectivity index (χ0) is 25.6. The highest BCUT2D eigenvalue weighted by Gasteiger charge is 2.33. The summed E-state index contributed by atoms with van der Waals surface area (Å²) in [6.45, 7) is 8.04. The molecule has 0 amide bonds. The molecular weight excluding hydrogens is 444 g/mol. The second-order valence-corrected chi connectivity index (χ2v) is 9.17. The largest absolute Gasteiger partial charge is 0.497 e. The molecule has 0 saturated heterocycles. The monoisotopic (exact) mass is 478 g/mol. The van der Waals surface area contributed by atoms with Gasteiger partial charge in [0.2, 0.25) is 0 Å². The number of hydrogen-bond donors (Lipinski definition) is 0. The van der Waals surface area contributed by atoms with Gasteiger partial charge in [-0.25, -0.2) is 4.79 Å². The number of carbonyl (C=O) groups excluding carboxylic acids is 1. The molecule has 0 heterocycles. The van der Waals surface area contributed by atoms with Crippen molar-refractivity contribution in [3.8, 4) is 28.4 Å². The highest BCUT2D eigenvalue weighted by molar-refractivity contribution is 5.85. The van der Waals surface area contributed by atoms with Gasteiger partial charge in [-0.1, -0.05) is 30.3 Å². The van der Waals surface area contributed by atoms with Gasteiger partial charge in [0.05, 0.1) is 26.9 Å². The van der Waals surface area contributed by atoms with E-state index in [0.29, 0.717) is 17.9 Å². The minimum Gasteiger partial charge on any atom is -0.497 e. The Labute approximate surface area is 207 Å². The highest BCUT2D eigenvalue weighted by Crippen LogP contribution is 2.42. The molecule has 1 atom stereocenters. The van der Waals surface area contributed by atoms with E-state index in [1.165, 1.54) is 7.11 Å². The van der Waals surface area contributed by atoms with Crippen LogP contribution in [0.5, 0.6) is 17.2 Å². The molecule has 0 aliphatic rings. The summed E-state index contributed by atoms with van der Waals surface area (Å²) >= 11 is 0. The lowest BCUT2D eigenvalue weighted by molar-refractivity contribution is -0.164. The fourth-order valence-electron chi connectivity index (χ4n) is 3.79. The molecule has 3 rings (SSSR count). The summed E-state index contributed by atoms with van der Waals surface area (Å²) in [5, 5.41) is 0. The molecule has 0 fully saturated rings. The van der Waals surface area contributed by atoms with Crippen LogP contribution in [0.3, 0.4) is 0 Å². The van der Waals surface area contributed by atoms with E-state index >= 15 is 0 Å².